The SMILES string of the molecule is O=C1CO[C@H]2CN(Cc3ccncc3)C[C@H]2N1Cc1cccnc1. The largest absolute Gasteiger partial charge is 0.365 e. The Bertz CT molecular complexity index is 695. The van der Waals surface area contributed by atoms with Crippen molar-refractivity contribution in [1.82, 2.24) is 19.8 Å². The third-order valence-corrected chi connectivity index (χ3v) is 4.69. The molecule has 6 heteroatoms. The van der Waals surface area contributed by atoms with Crippen molar-refractivity contribution in [2.45, 2.75) is 25.2 Å². The number of carbonyl (C=O) groups excluding carboxylic acids is 1. The van der Waals surface area contributed by atoms with Gasteiger partial charge in [0.05, 0.1) is 12.1 Å². The summed E-state index contributed by atoms with van der Waals surface area (Å²) >= 11 is 0. The topological polar surface area (TPSA) is 58.6 Å². The third-order valence-electron chi connectivity index (χ3n) is 4.69. The number of hydrogen-bond donors (Lipinski definition) is 0. The molecule has 0 unspecified atom stereocenters. The lowest BCUT2D eigenvalue weighted by Gasteiger charge is -2.36. The molecule has 0 spiro atoms. The number of fused-ring (bicyclic) bond motifs is 1. The van der Waals surface area contributed by atoms with E-state index >= 15 is 0 Å². The van der Waals surface area contributed by atoms with Crippen LogP contribution in [-0.2, 0) is 22.6 Å². The van der Waals surface area contributed by atoms with Gasteiger partial charge in [0.25, 0.3) is 0 Å². The minimum absolute atomic E-state index is 0.0610. The Kier molecular flexibility index (Phi) is 4.23. The average Bonchev–Trinajstić information content (AvgIpc) is 3.02. The molecule has 0 bridgehead atoms. The van der Waals surface area contributed by atoms with E-state index in [2.05, 4.69) is 14.9 Å². The van der Waals surface area contributed by atoms with Crippen LogP contribution in [0.1, 0.15) is 11.1 Å². The van der Waals surface area contributed by atoms with Crippen LogP contribution in [0.25, 0.3) is 0 Å². The first-order valence-corrected chi connectivity index (χ1v) is 8.21. The highest BCUT2D eigenvalue weighted by Crippen LogP contribution is 2.26. The number of ether oxygens (including phenoxy) is 1. The summed E-state index contributed by atoms with van der Waals surface area (Å²) < 4.78 is 5.79. The number of hydrogen-bond acceptors (Lipinski definition) is 5. The van der Waals surface area contributed by atoms with Crippen molar-refractivity contribution in [3.63, 3.8) is 0 Å². The molecule has 2 fully saturated rings. The van der Waals surface area contributed by atoms with Crippen molar-refractivity contribution in [1.29, 1.82) is 0 Å². The summed E-state index contributed by atoms with van der Waals surface area (Å²) in [5.41, 5.74) is 2.29. The quantitative estimate of drug-likeness (QED) is 0.842. The van der Waals surface area contributed by atoms with Gasteiger partial charge in [-0.2, -0.15) is 0 Å². The Morgan fingerprint density at radius 2 is 1.92 bits per heavy atom. The van der Waals surface area contributed by atoms with Crippen LogP contribution in [0.2, 0.25) is 0 Å². The van der Waals surface area contributed by atoms with Gasteiger partial charge in [0, 0.05) is 51.0 Å². The van der Waals surface area contributed by atoms with Crippen molar-refractivity contribution in [3.05, 3.63) is 60.2 Å². The molecule has 2 atom stereocenters. The molecule has 6 nitrogen and oxygen atoms in total. The van der Waals surface area contributed by atoms with E-state index in [1.165, 1.54) is 5.56 Å². The van der Waals surface area contributed by atoms with Crippen molar-refractivity contribution in [3.8, 4) is 0 Å². The monoisotopic (exact) mass is 324 g/mol. The molecule has 2 aromatic rings. The summed E-state index contributed by atoms with van der Waals surface area (Å²) in [7, 11) is 0. The lowest BCUT2D eigenvalue weighted by Crippen LogP contribution is -2.53. The lowest BCUT2D eigenvalue weighted by molar-refractivity contribution is -0.153. The van der Waals surface area contributed by atoms with Gasteiger partial charge in [-0.25, -0.2) is 0 Å². The van der Waals surface area contributed by atoms with Crippen LogP contribution in [0.3, 0.4) is 0 Å². The van der Waals surface area contributed by atoms with Gasteiger partial charge in [-0.3, -0.25) is 19.7 Å². The maximum atomic E-state index is 12.4. The number of pyridine rings is 2. The number of nitrogens with zero attached hydrogens (tertiary/aromatic N) is 4. The fourth-order valence-electron chi connectivity index (χ4n) is 3.51. The minimum Gasteiger partial charge on any atom is -0.365 e. The summed E-state index contributed by atoms with van der Waals surface area (Å²) in [5, 5.41) is 0. The highest BCUT2D eigenvalue weighted by Gasteiger charge is 2.42. The van der Waals surface area contributed by atoms with E-state index in [-0.39, 0.29) is 24.7 Å². The molecule has 4 rings (SSSR count). The Morgan fingerprint density at radius 1 is 1.04 bits per heavy atom. The van der Waals surface area contributed by atoms with E-state index in [1.807, 2.05) is 47.8 Å². The van der Waals surface area contributed by atoms with Gasteiger partial charge >= 0.3 is 0 Å². The molecule has 4 heterocycles. The van der Waals surface area contributed by atoms with Crippen molar-refractivity contribution < 1.29 is 9.53 Å². The van der Waals surface area contributed by atoms with Crippen LogP contribution in [-0.4, -0.2) is 57.5 Å². The molecule has 0 aliphatic carbocycles. The molecule has 0 N–H and O–H groups in total. The van der Waals surface area contributed by atoms with Crippen molar-refractivity contribution in [2.24, 2.45) is 0 Å². The van der Waals surface area contributed by atoms with Crippen LogP contribution < -0.4 is 0 Å². The Hall–Kier alpha value is -2.31. The lowest BCUT2D eigenvalue weighted by atomic mass is 10.1. The predicted molar refractivity (Wildman–Crippen MR) is 87.8 cm³/mol. The smallest absolute Gasteiger partial charge is 0.249 e. The van der Waals surface area contributed by atoms with E-state index in [9.17, 15) is 4.79 Å². The standard InChI is InChI=1S/C18H20N4O2/c23-18-13-24-17-12-21(9-14-3-6-19-7-4-14)11-16(17)22(18)10-15-2-1-5-20-8-15/h1-8,16-17H,9-13H2/t16-,17+/m1/s1. The number of carbonyl (C=O) groups is 1. The number of rotatable bonds is 4. The highest BCUT2D eigenvalue weighted by atomic mass is 16.5. The van der Waals surface area contributed by atoms with Crippen LogP contribution in [0.4, 0.5) is 0 Å². The van der Waals surface area contributed by atoms with E-state index in [0.717, 1.165) is 25.2 Å². The molecule has 2 aliphatic rings. The molecular weight excluding hydrogens is 304 g/mol. The van der Waals surface area contributed by atoms with Crippen LogP contribution in [0, 0.1) is 0 Å². The zero-order chi connectivity index (χ0) is 16.4. The fraction of sp³-hybridized carbons (Fsp3) is 0.389. The molecule has 124 valence electrons. The number of morpholine rings is 1. The molecule has 2 aromatic heterocycles. The second-order valence-electron chi connectivity index (χ2n) is 6.35. The van der Waals surface area contributed by atoms with Gasteiger partial charge in [-0.1, -0.05) is 6.07 Å². The van der Waals surface area contributed by atoms with E-state index in [0.29, 0.717) is 6.54 Å². The van der Waals surface area contributed by atoms with Gasteiger partial charge in [-0.15, -0.1) is 0 Å². The highest BCUT2D eigenvalue weighted by molar-refractivity contribution is 5.78. The van der Waals surface area contributed by atoms with E-state index in [4.69, 9.17) is 4.74 Å². The number of likely N-dealkylation sites (tertiary alicyclic amines) is 1. The zero-order valence-electron chi connectivity index (χ0n) is 13.4. The summed E-state index contributed by atoms with van der Waals surface area (Å²) in [6.07, 6.45) is 7.28. The van der Waals surface area contributed by atoms with Crippen LogP contribution in [0.5, 0.6) is 0 Å². The van der Waals surface area contributed by atoms with Crippen LogP contribution >= 0.6 is 0 Å². The van der Waals surface area contributed by atoms with Gasteiger partial charge in [0.2, 0.25) is 5.91 Å². The summed E-state index contributed by atoms with van der Waals surface area (Å²) in [6, 6.07) is 8.08. The minimum atomic E-state index is 0.0610. The normalized spacial score (nSPS) is 24.2. The second-order valence-corrected chi connectivity index (χ2v) is 6.35. The molecule has 2 aliphatic heterocycles. The van der Waals surface area contributed by atoms with E-state index < -0.39 is 0 Å². The number of amides is 1. The Balaban J connectivity index is 1.47. The van der Waals surface area contributed by atoms with E-state index in [1.54, 1.807) is 6.20 Å². The van der Waals surface area contributed by atoms with Crippen molar-refractivity contribution >= 4 is 5.91 Å². The Morgan fingerprint density at radius 3 is 2.71 bits per heavy atom. The van der Waals surface area contributed by atoms with Gasteiger partial charge in [0.1, 0.15) is 6.61 Å². The summed E-state index contributed by atoms with van der Waals surface area (Å²) in [6.45, 7) is 3.31. The average molecular weight is 324 g/mol. The third kappa shape index (κ3) is 3.16. The molecule has 2 saturated heterocycles. The second kappa shape index (κ2) is 6.67. The Labute approximate surface area is 141 Å². The van der Waals surface area contributed by atoms with Crippen LogP contribution in [0.15, 0.2) is 49.1 Å². The zero-order valence-corrected chi connectivity index (χ0v) is 13.4. The molecule has 1 amide bonds. The molecule has 24 heavy (non-hydrogen) atoms. The van der Waals surface area contributed by atoms with Gasteiger partial charge in [0.15, 0.2) is 0 Å². The first-order valence-electron chi connectivity index (χ1n) is 8.21. The molecular formula is C18H20N4O2. The summed E-state index contributed by atoms with van der Waals surface area (Å²) in [4.78, 5) is 24.9. The molecule has 0 radical (unpaired) electrons. The number of aromatic nitrogens is 2. The first-order chi connectivity index (χ1) is 11.8. The maximum Gasteiger partial charge on any atom is 0.249 e. The predicted octanol–water partition coefficient (Wildman–Crippen LogP) is 1.09. The van der Waals surface area contributed by atoms with Gasteiger partial charge < -0.3 is 9.64 Å². The van der Waals surface area contributed by atoms with Gasteiger partial charge in [-0.05, 0) is 29.3 Å². The fourth-order valence-corrected chi connectivity index (χ4v) is 3.51. The van der Waals surface area contributed by atoms with Crippen molar-refractivity contribution in [2.75, 3.05) is 19.7 Å². The summed E-state index contributed by atoms with van der Waals surface area (Å²) in [5.74, 6) is 0.0610. The molecule has 0 aromatic carbocycles. The first kappa shape index (κ1) is 15.2. The maximum absolute atomic E-state index is 12.4. The molecule has 0 saturated carbocycles.